The van der Waals surface area contributed by atoms with Crippen molar-refractivity contribution in [3.05, 3.63) is 29.8 Å². The first-order valence-corrected chi connectivity index (χ1v) is 4.91. The molecular formula is C11H13NO5. The van der Waals surface area contributed by atoms with Gasteiger partial charge in [0.05, 0.1) is 6.10 Å². The lowest BCUT2D eigenvalue weighted by Crippen LogP contribution is -2.39. The van der Waals surface area contributed by atoms with Gasteiger partial charge in [0, 0.05) is 0 Å². The Hall–Kier alpha value is -1.92. The van der Waals surface area contributed by atoms with Crippen molar-refractivity contribution >= 4 is 11.9 Å². The van der Waals surface area contributed by atoms with Gasteiger partial charge in [-0.2, -0.15) is 0 Å². The molecule has 0 aliphatic carbocycles. The zero-order valence-electron chi connectivity index (χ0n) is 9.16. The monoisotopic (exact) mass is 239 g/mol. The molecule has 0 aromatic heterocycles. The fourth-order valence-corrected chi connectivity index (χ4v) is 1.04. The third kappa shape index (κ3) is 3.27. The predicted molar refractivity (Wildman–Crippen MR) is 58.7 cm³/mol. The number of benzene rings is 1. The highest BCUT2D eigenvalue weighted by Crippen LogP contribution is 2.27. The molecule has 1 aromatic rings. The molecular weight excluding hydrogens is 226 g/mol. The van der Waals surface area contributed by atoms with Crippen molar-refractivity contribution in [3.8, 4) is 5.75 Å². The van der Waals surface area contributed by atoms with E-state index in [1.165, 1.54) is 6.92 Å². The van der Waals surface area contributed by atoms with Gasteiger partial charge < -0.3 is 20.7 Å². The van der Waals surface area contributed by atoms with Crippen LogP contribution in [0, 0.1) is 0 Å². The second kappa shape index (κ2) is 5.42. The lowest BCUT2D eigenvalue weighted by molar-refractivity contribution is -0.140. The van der Waals surface area contributed by atoms with Crippen molar-refractivity contribution < 1.29 is 24.5 Å². The third-order valence-electron chi connectivity index (χ3n) is 2.11. The average Bonchev–Trinajstić information content (AvgIpc) is 2.27. The molecule has 0 bridgehead atoms. The molecule has 4 N–H and O–H groups in total. The molecule has 17 heavy (non-hydrogen) atoms. The van der Waals surface area contributed by atoms with Gasteiger partial charge in [-0.1, -0.05) is 12.1 Å². The summed E-state index contributed by atoms with van der Waals surface area (Å²) >= 11 is 0. The van der Waals surface area contributed by atoms with E-state index in [4.69, 9.17) is 15.9 Å². The largest absolute Gasteiger partial charge is 0.480 e. The zero-order valence-corrected chi connectivity index (χ0v) is 9.16. The lowest BCUT2D eigenvalue weighted by atomic mass is 10.1. The Morgan fingerprint density at radius 1 is 1.41 bits per heavy atom. The van der Waals surface area contributed by atoms with E-state index in [9.17, 15) is 9.59 Å². The van der Waals surface area contributed by atoms with Gasteiger partial charge >= 0.3 is 11.9 Å². The van der Waals surface area contributed by atoms with Gasteiger partial charge in [-0.15, -0.1) is 0 Å². The van der Waals surface area contributed by atoms with E-state index in [1.807, 2.05) is 12.1 Å². The Labute approximate surface area is 97.6 Å². The van der Waals surface area contributed by atoms with Crippen molar-refractivity contribution in [1.82, 2.24) is 0 Å². The topological polar surface area (TPSA) is 110 Å². The van der Waals surface area contributed by atoms with Crippen molar-refractivity contribution in [2.45, 2.75) is 19.1 Å². The van der Waals surface area contributed by atoms with E-state index in [0.29, 0.717) is 11.3 Å². The molecule has 2 rings (SSSR count). The molecule has 2 atom stereocenters. The van der Waals surface area contributed by atoms with Gasteiger partial charge in [0.15, 0.2) is 0 Å². The minimum absolute atomic E-state index is 0.217. The SMILES string of the molecule is CC(O)C(N)C(=O)O.O=C1Oc2ccccc21. The van der Waals surface area contributed by atoms with Crippen LogP contribution in [0.3, 0.4) is 0 Å². The van der Waals surface area contributed by atoms with Gasteiger partial charge in [-0.25, -0.2) is 4.79 Å². The van der Waals surface area contributed by atoms with E-state index in [0.717, 1.165) is 0 Å². The smallest absolute Gasteiger partial charge is 0.347 e. The van der Waals surface area contributed by atoms with Gasteiger partial charge in [0.1, 0.15) is 17.4 Å². The normalized spacial score (nSPS) is 15.4. The van der Waals surface area contributed by atoms with Crippen LogP contribution in [0.25, 0.3) is 0 Å². The van der Waals surface area contributed by atoms with Crippen LogP contribution in [0.15, 0.2) is 24.3 Å². The molecule has 1 aliphatic rings. The molecule has 0 spiro atoms. The van der Waals surface area contributed by atoms with Gasteiger partial charge in [-0.3, -0.25) is 4.79 Å². The minimum Gasteiger partial charge on any atom is -0.480 e. The van der Waals surface area contributed by atoms with Crippen LogP contribution in [-0.2, 0) is 4.79 Å². The number of aliphatic carboxylic acids is 1. The number of carboxylic acids is 1. The first-order valence-electron chi connectivity index (χ1n) is 4.91. The van der Waals surface area contributed by atoms with Crippen molar-refractivity contribution in [3.63, 3.8) is 0 Å². The Morgan fingerprint density at radius 2 is 2.00 bits per heavy atom. The molecule has 6 nitrogen and oxygen atoms in total. The van der Waals surface area contributed by atoms with E-state index >= 15 is 0 Å². The van der Waals surface area contributed by atoms with E-state index in [2.05, 4.69) is 4.74 Å². The summed E-state index contributed by atoms with van der Waals surface area (Å²) in [5.74, 6) is -0.701. The van der Waals surface area contributed by atoms with Crippen molar-refractivity contribution in [2.75, 3.05) is 0 Å². The van der Waals surface area contributed by atoms with Gasteiger partial charge in [0.2, 0.25) is 0 Å². The first kappa shape index (κ1) is 13.1. The van der Waals surface area contributed by atoms with Crippen LogP contribution in [0.5, 0.6) is 5.75 Å². The Bertz CT molecular complexity index is 430. The number of para-hydroxylation sites is 1. The van der Waals surface area contributed by atoms with E-state index < -0.39 is 18.1 Å². The van der Waals surface area contributed by atoms with E-state index in [1.54, 1.807) is 12.1 Å². The molecule has 0 saturated heterocycles. The summed E-state index contributed by atoms with van der Waals surface area (Å²) in [5.41, 5.74) is 5.60. The summed E-state index contributed by atoms with van der Waals surface area (Å²) in [7, 11) is 0. The number of nitrogens with two attached hydrogens (primary N) is 1. The molecule has 0 fully saturated rings. The highest BCUT2D eigenvalue weighted by Gasteiger charge is 2.23. The maximum atomic E-state index is 10.5. The molecule has 0 radical (unpaired) electrons. The second-order valence-electron chi connectivity index (χ2n) is 3.49. The molecule has 2 unspecified atom stereocenters. The molecule has 0 amide bonds. The molecule has 6 heteroatoms. The summed E-state index contributed by atoms with van der Waals surface area (Å²) < 4.78 is 4.65. The van der Waals surface area contributed by atoms with Crippen LogP contribution in [0.1, 0.15) is 17.3 Å². The quantitative estimate of drug-likeness (QED) is 0.626. The molecule has 92 valence electrons. The summed E-state index contributed by atoms with van der Waals surface area (Å²) in [5, 5.41) is 16.6. The maximum Gasteiger partial charge on any atom is 0.347 e. The highest BCUT2D eigenvalue weighted by molar-refractivity contribution is 6.00. The molecule has 1 aromatic carbocycles. The predicted octanol–water partition coefficient (Wildman–Crippen LogP) is -0.00170. The maximum absolute atomic E-state index is 10.5. The Kier molecular flexibility index (Phi) is 4.19. The van der Waals surface area contributed by atoms with Crippen LogP contribution in [0.4, 0.5) is 0 Å². The number of carbonyl (C=O) groups excluding carboxylic acids is 1. The van der Waals surface area contributed by atoms with Crippen molar-refractivity contribution in [2.24, 2.45) is 5.73 Å². The highest BCUT2D eigenvalue weighted by atomic mass is 16.6. The fourth-order valence-electron chi connectivity index (χ4n) is 1.04. The Balaban J connectivity index is 0.000000172. The summed E-state index contributed by atoms with van der Waals surface area (Å²) in [6.45, 7) is 1.33. The number of hydrogen-bond acceptors (Lipinski definition) is 5. The van der Waals surface area contributed by atoms with Crippen LogP contribution in [-0.4, -0.2) is 34.3 Å². The standard InChI is InChI=1S/C7H4O2.C4H9NO3/c8-7-5-3-1-2-4-6(5)9-7;1-2(6)3(5)4(7)8/h1-4H;2-3,6H,5H2,1H3,(H,7,8). The number of hydrogen-bond donors (Lipinski definition) is 3. The molecule has 0 saturated carbocycles. The minimum atomic E-state index is -1.18. The number of aliphatic hydroxyl groups is 1. The fraction of sp³-hybridized carbons (Fsp3) is 0.273. The number of aliphatic hydroxyl groups excluding tert-OH is 1. The number of ether oxygens (including phenoxy) is 1. The number of fused-ring (bicyclic) bond motifs is 1. The number of carboxylic acid groups (broad SMARTS) is 1. The third-order valence-corrected chi connectivity index (χ3v) is 2.11. The summed E-state index contributed by atoms with van der Waals surface area (Å²) in [6, 6.07) is 6.03. The Morgan fingerprint density at radius 3 is 2.29 bits per heavy atom. The lowest BCUT2D eigenvalue weighted by Gasteiger charge is -2.15. The van der Waals surface area contributed by atoms with Crippen LogP contribution < -0.4 is 10.5 Å². The first-order chi connectivity index (χ1) is 7.93. The second-order valence-corrected chi connectivity index (χ2v) is 3.49. The van der Waals surface area contributed by atoms with Crippen LogP contribution >= 0.6 is 0 Å². The number of carbonyl (C=O) groups is 2. The molecule has 1 aliphatic heterocycles. The molecule has 1 heterocycles. The van der Waals surface area contributed by atoms with Crippen molar-refractivity contribution in [1.29, 1.82) is 0 Å². The summed E-state index contributed by atoms with van der Waals surface area (Å²) in [4.78, 5) is 20.4. The zero-order chi connectivity index (χ0) is 13.0. The van der Waals surface area contributed by atoms with Crippen LogP contribution in [0.2, 0.25) is 0 Å². The van der Waals surface area contributed by atoms with Gasteiger partial charge in [0.25, 0.3) is 0 Å². The number of esters is 1. The summed E-state index contributed by atoms with van der Waals surface area (Å²) in [6.07, 6.45) is -0.979. The van der Waals surface area contributed by atoms with E-state index in [-0.39, 0.29) is 5.97 Å². The average molecular weight is 239 g/mol. The number of rotatable bonds is 2. The van der Waals surface area contributed by atoms with Gasteiger partial charge in [-0.05, 0) is 19.1 Å².